The van der Waals surface area contributed by atoms with Gasteiger partial charge in [-0.25, -0.2) is 9.37 Å². The van der Waals surface area contributed by atoms with Crippen molar-refractivity contribution >= 4 is 0 Å². The fraction of sp³-hybridized carbons (Fsp3) is 0.267. The van der Waals surface area contributed by atoms with Gasteiger partial charge in [-0.05, 0) is 25.6 Å². The van der Waals surface area contributed by atoms with Crippen molar-refractivity contribution in [2.45, 2.75) is 20.1 Å². The number of aromatic nitrogens is 1. The van der Waals surface area contributed by atoms with E-state index in [1.165, 1.54) is 6.07 Å². The van der Waals surface area contributed by atoms with Crippen LogP contribution in [0.15, 0.2) is 36.4 Å². The molecular weight excluding hydrogens is 243 g/mol. The minimum absolute atomic E-state index is 0.185. The molecule has 2 aromatic rings. The van der Waals surface area contributed by atoms with Gasteiger partial charge < -0.3 is 10.1 Å². The molecule has 0 atom stereocenters. The van der Waals surface area contributed by atoms with Gasteiger partial charge in [0.15, 0.2) is 0 Å². The van der Waals surface area contributed by atoms with Crippen LogP contribution < -0.4 is 10.1 Å². The lowest BCUT2D eigenvalue weighted by atomic mass is 10.2. The van der Waals surface area contributed by atoms with E-state index in [9.17, 15) is 4.39 Å². The van der Waals surface area contributed by atoms with Gasteiger partial charge in [0.2, 0.25) is 5.88 Å². The van der Waals surface area contributed by atoms with Gasteiger partial charge in [0.1, 0.15) is 12.4 Å². The zero-order valence-corrected chi connectivity index (χ0v) is 11.1. The second kappa shape index (κ2) is 6.29. The van der Waals surface area contributed by atoms with Crippen LogP contribution in [0.1, 0.15) is 16.8 Å². The third kappa shape index (κ3) is 3.51. The Hall–Kier alpha value is -1.94. The molecule has 1 aromatic carbocycles. The molecule has 100 valence electrons. The number of rotatable bonds is 5. The number of hydrogen-bond acceptors (Lipinski definition) is 3. The van der Waals surface area contributed by atoms with Crippen molar-refractivity contribution in [2.24, 2.45) is 0 Å². The first-order valence-electron chi connectivity index (χ1n) is 6.18. The van der Waals surface area contributed by atoms with Crippen molar-refractivity contribution < 1.29 is 9.13 Å². The highest BCUT2D eigenvalue weighted by Crippen LogP contribution is 2.15. The third-order valence-electron chi connectivity index (χ3n) is 2.87. The summed E-state index contributed by atoms with van der Waals surface area (Å²) >= 11 is 0. The summed E-state index contributed by atoms with van der Waals surface area (Å²) in [6.45, 7) is 2.89. The number of halogens is 1. The van der Waals surface area contributed by atoms with Crippen LogP contribution in [0.2, 0.25) is 0 Å². The van der Waals surface area contributed by atoms with E-state index in [4.69, 9.17) is 4.74 Å². The Kier molecular flexibility index (Phi) is 4.47. The number of hydrogen-bond donors (Lipinski definition) is 1. The fourth-order valence-corrected chi connectivity index (χ4v) is 1.79. The molecule has 19 heavy (non-hydrogen) atoms. The number of nitrogens with zero attached hydrogens (tertiary/aromatic N) is 1. The number of ether oxygens (including phenoxy) is 1. The molecule has 0 aliphatic carbocycles. The van der Waals surface area contributed by atoms with Crippen molar-refractivity contribution in [3.8, 4) is 5.88 Å². The zero-order chi connectivity index (χ0) is 13.7. The van der Waals surface area contributed by atoms with Gasteiger partial charge >= 0.3 is 0 Å². The van der Waals surface area contributed by atoms with Crippen molar-refractivity contribution in [1.82, 2.24) is 10.3 Å². The molecule has 0 bridgehead atoms. The van der Waals surface area contributed by atoms with Crippen LogP contribution in [0, 0.1) is 12.7 Å². The van der Waals surface area contributed by atoms with Crippen LogP contribution in [-0.4, -0.2) is 12.0 Å². The van der Waals surface area contributed by atoms with Crippen LogP contribution in [0.4, 0.5) is 4.39 Å². The van der Waals surface area contributed by atoms with Crippen LogP contribution in [0.5, 0.6) is 5.88 Å². The Labute approximate surface area is 112 Å². The molecule has 3 nitrogen and oxygen atoms in total. The molecule has 0 unspecified atom stereocenters. The summed E-state index contributed by atoms with van der Waals surface area (Å²) in [5, 5.41) is 3.08. The number of pyridine rings is 1. The summed E-state index contributed by atoms with van der Waals surface area (Å²) in [6, 6.07) is 10.4. The molecular formula is C15H17FN2O. The molecule has 0 spiro atoms. The average molecular weight is 260 g/mol. The highest BCUT2D eigenvalue weighted by Gasteiger charge is 2.04. The average Bonchev–Trinajstić information content (AvgIpc) is 2.41. The fourth-order valence-electron chi connectivity index (χ4n) is 1.79. The molecule has 0 aliphatic rings. The first-order valence-corrected chi connectivity index (χ1v) is 6.18. The molecule has 0 saturated carbocycles. The Bertz CT molecular complexity index is 558. The monoisotopic (exact) mass is 260 g/mol. The second-order valence-corrected chi connectivity index (χ2v) is 4.30. The van der Waals surface area contributed by atoms with Crippen molar-refractivity contribution in [1.29, 1.82) is 0 Å². The topological polar surface area (TPSA) is 34.1 Å². The molecule has 1 aromatic heterocycles. The van der Waals surface area contributed by atoms with Crippen molar-refractivity contribution in [3.63, 3.8) is 0 Å². The zero-order valence-electron chi connectivity index (χ0n) is 11.1. The minimum atomic E-state index is -0.258. The molecule has 4 heteroatoms. The molecule has 1 N–H and O–H groups in total. The van der Waals surface area contributed by atoms with Gasteiger partial charge in [0.25, 0.3) is 0 Å². The second-order valence-electron chi connectivity index (χ2n) is 4.30. The lowest BCUT2D eigenvalue weighted by Crippen LogP contribution is -2.08. The van der Waals surface area contributed by atoms with Crippen molar-refractivity contribution in [2.75, 3.05) is 7.05 Å². The maximum Gasteiger partial charge on any atom is 0.213 e. The van der Waals surface area contributed by atoms with Gasteiger partial charge in [0, 0.05) is 23.9 Å². The molecule has 0 fully saturated rings. The maximum atomic E-state index is 13.4. The first kappa shape index (κ1) is 13.5. The van der Waals surface area contributed by atoms with E-state index in [1.54, 1.807) is 24.3 Å². The molecule has 2 rings (SSSR count). The highest BCUT2D eigenvalue weighted by atomic mass is 19.1. The first-order chi connectivity index (χ1) is 9.20. The Balaban J connectivity index is 2.04. The highest BCUT2D eigenvalue weighted by molar-refractivity contribution is 5.25. The predicted molar refractivity (Wildman–Crippen MR) is 72.5 cm³/mol. The van der Waals surface area contributed by atoms with Crippen molar-refractivity contribution in [3.05, 3.63) is 59.0 Å². The molecule has 1 heterocycles. The number of nitrogens with one attached hydrogen (secondary N) is 1. The summed E-state index contributed by atoms with van der Waals surface area (Å²) in [7, 11) is 1.89. The van der Waals surface area contributed by atoms with E-state index in [-0.39, 0.29) is 12.4 Å². The summed E-state index contributed by atoms with van der Waals surface area (Å²) in [5.41, 5.74) is 2.57. The SMILES string of the molecule is CNCc1ccc(OCc2ccccc2F)nc1C. The van der Waals surface area contributed by atoms with E-state index < -0.39 is 0 Å². The van der Waals surface area contributed by atoms with Gasteiger partial charge in [-0.1, -0.05) is 24.3 Å². The standard InChI is InChI=1S/C15H17FN2O/c1-11-12(9-17-2)7-8-15(18-11)19-10-13-5-3-4-6-14(13)16/h3-8,17H,9-10H2,1-2H3. The summed E-state index contributed by atoms with van der Waals surface area (Å²) in [4.78, 5) is 4.35. The van der Waals surface area contributed by atoms with Gasteiger partial charge in [-0.2, -0.15) is 0 Å². The van der Waals surface area contributed by atoms with Crippen LogP contribution >= 0.6 is 0 Å². The molecule has 0 radical (unpaired) electrons. The Morgan fingerprint density at radius 3 is 2.63 bits per heavy atom. The molecule has 0 saturated heterocycles. The number of benzene rings is 1. The van der Waals surface area contributed by atoms with E-state index in [1.807, 2.05) is 20.0 Å². The lowest BCUT2D eigenvalue weighted by Gasteiger charge is -2.09. The van der Waals surface area contributed by atoms with Gasteiger partial charge in [-0.3, -0.25) is 0 Å². The minimum Gasteiger partial charge on any atom is -0.473 e. The van der Waals surface area contributed by atoms with Crippen LogP contribution in [0.3, 0.4) is 0 Å². The lowest BCUT2D eigenvalue weighted by molar-refractivity contribution is 0.287. The molecule has 0 aliphatic heterocycles. The van der Waals surface area contributed by atoms with Crippen LogP contribution in [0.25, 0.3) is 0 Å². The largest absolute Gasteiger partial charge is 0.473 e. The van der Waals surface area contributed by atoms with E-state index in [0.717, 1.165) is 17.8 Å². The van der Waals surface area contributed by atoms with E-state index in [0.29, 0.717) is 11.4 Å². The summed E-state index contributed by atoms with van der Waals surface area (Å²) in [5.74, 6) is 0.256. The smallest absolute Gasteiger partial charge is 0.213 e. The van der Waals surface area contributed by atoms with E-state index in [2.05, 4.69) is 10.3 Å². The number of aryl methyl sites for hydroxylation is 1. The van der Waals surface area contributed by atoms with E-state index >= 15 is 0 Å². The normalized spacial score (nSPS) is 10.5. The molecule has 0 amide bonds. The quantitative estimate of drug-likeness (QED) is 0.897. The Morgan fingerprint density at radius 1 is 1.16 bits per heavy atom. The predicted octanol–water partition coefficient (Wildman–Crippen LogP) is 2.83. The van der Waals surface area contributed by atoms with Crippen LogP contribution in [-0.2, 0) is 13.2 Å². The third-order valence-corrected chi connectivity index (χ3v) is 2.87. The maximum absolute atomic E-state index is 13.4. The van der Waals surface area contributed by atoms with Gasteiger partial charge in [-0.15, -0.1) is 0 Å². The summed E-state index contributed by atoms with van der Waals surface area (Å²) < 4.78 is 18.9. The van der Waals surface area contributed by atoms with Gasteiger partial charge in [0.05, 0.1) is 0 Å². The summed E-state index contributed by atoms with van der Waals surface area (Å²) in [6.07, 6.45) is 0. The Morgan fingerprint density at radius 2 is 1.95 bits per heavy atom.